The Morgan fingerprint density at radius 3 is 2.79 bits per heavy atom. The first-order chi connectivity index (χ1) is 9.35. The Morgan fingerprint density at radius 1 is 1.26 bits per heavy atom. The van der Waals surface area contributed by atoms with Crippen molar-refractivity contribution >= 4 is 6.02 Å². The van der Waals surface area contributed by atoms with Crippen molar-refractivity contribution in [2.75, 3.05) is 20.2 Å². The summed E-state index contributed by atoms with van der Waals surface area (Å²) in [7, 11) is 1.82. The number of amidine groups is 1. The number of nitrogens with zero attached hydrogens (tertiary/aromatic N) is 2. The van der Waals surface area contributed by atoms with Crippen molar-refractivity contribution in [3.05, 3.63) is 35.4 Å². The lowest BCUT2D eigenvalue weighted by Gasteiger charge is -2.30. The highest BCUT2D eigenvalue weighted by Crippen LogP contribution is 2.19. The second kappa shape index (κ2) is 7.17. The summed E-state index contributed by atoms with van der Waals surface area (Å²) in [6.45, 7) is 4.89. The van der Waals surface area contributed by atoms with Gasteiger partial charge in [0, 0.05) is 20.1 Å². The lowest BCUT2D eigenvalue weighted by molar-refractivity contribution is 0.216. The summed E-state index contributed by atoms with van der Waals surface area (Å²) in [6.07, 6.45) is 4.63. The van der Waals surface area contributed by atoms with E-state index in [9.17, 15) is 0 Å². The molecule has 104 valence electrons. The summed E-state index contributed by atoms with van der Waals surface area (Å²) in [5.41, 5.74) is 2.85. The van der Waals surface area contributed by atoms with Crippen molar-refractivity contribution in [1.82, 2.24) is 4.90 Å². The molecule has 0 N–H and O–H groups in total. The number of unbranched alkanes of at least 4 members (excludes halogenated alkanes) is 2. The zero-order valence-electron chi connectivity index (χ0n) is 12.1. The molecule has 3 heteroatoms. The molecule has 3 nitrogen and oxygen atoms in total. The molecule has 1 heterocycles. The van der Waals surface area contributed by atoms with Crippen molar-refractivity contribution < 1.29 is 4.74 Å². The van der Waals surface area contributed by atoms with E-state index in [1.54, 1.807) is 0 Å². The standard InChI is InChI=1S/C16H24N2O/c1-3-4-7-12-19-16(17-2)18-11-10-14-8-5-6-9-15(14)13-18/h5-6,8-9H,3-4,7,10-13H2,1-2H3. The fourth-order valence-electron chi connectivity index (χ4n) is 2.47. The topological polar surface area (TPSA) is 24.8 Å². The van der Waals surface area contributed by atoms with Gasteiger partial charge in [-0.25, -0.2) is 4.99 Å². The van der Waals surface area contributed by atoms with E-state index in [4.69, 9.17) is 4.74 Å². The molecule has 0 bridgehead atoms. The number of fused-ring (bicyclic) bond motifs is 1. The molecule has 1 aromatic rings. The maximum atomic E-state index is 5.82. The van der Waals surface area contributed by atoms with Gasteiger partial charge in [0.15, 0.2) is 0 Å². The van der Waals surface area contributed by atoms with Gasteiger partial charge in [0.2, 0.25) is 0 Å². The van der Waals surface area contributed by atoms with Crippen LogP contribution < -0.4 is 0 Å². The molecule has 0 atom stereocenters. The van der Waals surface area contributed by atoms with E-state index in [0.717, 1.165) is 38.6 Å². The summed E-state index contributed by atoms with van der Waals surface area (Å²) in [6, 6.07) is 9.44. The molecule has 0 unspecified atom stereocenters. The van der Waals surface area contributed by atoms with Gasteiger partial charge in [-0.05, 0) is 24.0 Å². The molecular weight excluding hydrogens is 236 g/mol. The zero-order chi connectivity index (χ0) is 13.5. The molecule has 1 aromatic carbocycles. The average Bonchev–Trinajstić information content (AvgIpc) is 2.47. The third-order valence-corrected chi connectivity index (χ3v) is 3.57. The molecule has 1 aliphatic heterocycles. The monoisotopic (exact) mass is 260 g/mol. The predicted molar refractivity (Wildman–Crippen MR) is 79.4 cm³/mol. The Morgan fingerprint density at radius 2 is 2.05 bits per heavy atom. The van der Waals surface area contributed by atoms with E-state index < -0.39 is 0 Å². The summed E-state index contributed by atoms with van der Waals surface area (Å²) in [4.78, 5) is 6.55. The third-order valence-electron chi connectivity index (χ3n) is 3.57. The number of aliphatic imine (C=N–C) groups is 1. The number of hydrogen-bond donors (Lipinski definition) is 0. The number of benzene rings is 1. The van der Waals surface area contributed by atoms with Gasteiger partial charge in [-0.3, -0.25) is 0 Å². The minimum Gasteiger partial charge on any atom is -0.465 e. The Hall–Kier alpha value is -1.51. The van der Waals surface area contributed by atoms with Gasteiger partial charge < -0.3 is 9.64 Å². The molecular formula is C16H24N2O. The highest BCUT2D eigenvalue weighted by Gasteiger charge is 2.19. The van der Waals surface area contributed by atoms with E-state index in [2.05, 4.69) is 41.1 Å². The van der Waals surface area contributed by atoms with Crippen LogP contribution in [0.4, 0.5) is 0 Å². The minimum atomic E-state index is 0.776. The van der Waals surface area contributed by atoms with E-state index in [1.165, 1.54) is 24.0 Å². The first-order valence-corrected chi connectivity index (χ1v) is 7.26. The molecule has 0 saturated carbocycles. The van der Waals surface area contributed by atoms with Gasteiger partial charge in [-0.1, -0.05) is 44.0 Å². The maximum Gasteiger partial charge on any atom is 0.287 e. The molecule has 2 rings (SSSR count). The summed E-state index contributed by atoms with van der Waals surface area (Å²) >= 11 is 0. The van der Waals surface area contributed by atoms with Gasteiger partial charge in [0.05, 0.1) is 6.61 Å². The van der Waals surface area contributed by atoms with Crippen LogP contribution in [0.3, 0.4) is 0 Å². The van der Waals surface area contributed by atoms with Crippen LogP contribution in [0.1, 0.15) is 37.3 Å². The van der Waals surface area contributed by atoms with Crippen LogP contribution in [0.5, 0.6) is 0 Å². The molecule has 0 aliphatic carbocycles. The minimum absolute atomic E-state index is 0.776. The largest absolute Gasteiger partial charge is 0.465 e. The van der Waals surface area contributed by atoms with Gasteiger partial charge in [-0.15, -0.1) is 0 Å². The molecule has 0 radical (unpaired) electrons. The lowest BCUT2D eigenvalue weighted by atomic mass is 10.0. The molecule has 19 heavy (non-hydrogen) atoms. The number of ether oxygens (including phenoxy) is 1. The highest BCUT2D eigenvalue weighted by molar-refractivity contribution is 5.74. The molecule has 0 fully saturated rings. The van der Waals surface area contributed by atoms with E-state index >= 15 is 0 Å². The van der Waals surface area contributed by atoms with Gasteiger partial charge in [0.1, 0.15) is 0 Å². The van der Waals surface area contributed by atoms with Crippen molar-refractivity contribution in [2.24, 2.45) is 4.99 Å². The quantitative estimate of drug-likeness (QED) is 0.471. The maximum absolute atomic E-state index is 5.82. The van der Waals surface area contributed by atoms with E-state index in [-0.39, 0.29) is 0 Å². The summed E-state index contributed by atoms with van der Waals surface area (Å²) in [5, 5.41) is 0. The fraction of sp³-hybridized carbons (Fsp3) is 0.562. The number of rotatable bonds is 4. The fourth-order valence-corrected chi connectivity index (χ4v) is 2.47. The normalized spacial score (nSPS) is 15.3. The van der Waals surface area contributed by atoms with Crippen molar-refractivity contribution in [3.8, 4) is 0 Å². The smallest absolute Gasteiger partial charge is 0.287 e. The zero-order valence-corrected chi connectivity index (χ0v) is 12.1. The van der Waals surface area contributed by atoms with Gasteiger partial charge in [0.25, 0.3) is 6.02 Å². The average molecular weight is 260 g/mol. The number of hydrogen-bond acceptors (Lipinski definition) is 2. The Bertz CT molecular complexity index is 429. The van der Waals surface area contributed by atoms with Crippen LogP contribution in [0.2, 0.25) is 0 Å². The van der Waals surface area contributed by atoms with Crippen molar-refractivity contribution in [1.29, 1.82) is 0 Å². The van der Waals surface area contributed by atoms with Crippen LogP contribution in [0, 0.1) is 0 Å². The Kier molecular flexibility index (Phi) is 5.25. The predicted octanol–water partition coefficient (Wildman–Crippen LogP) is 3.24. The van der Waals surface area contributed by atoms with E-state index in [0.29, 0.717) is 0 Å². The van der Waals surface area contributed by atoms with Gasteiger partial charge >= 0.3 is 0 Å². The Balaban J connectivity index is 1.91. The lowest BCUT2D eigenvalue weighted by Crippen LogP contribution is -2.37. The van der Waals surface area contributed by atoms with Crippen LogP contribution >= 0.6 is 0 Å². The van der Waals surface area contributed by atoms with E-state index in [1.807, 2.05) is 7.05 Å². The molecule has 0 amide bonds. The Labute approximate surface area is 116 Å². The van der Waals surface area contributed by atoms with Crippen LogP contribution in [-0.2, 0) is 17.7 Å². The second-order valence-electron chi connectivity index (χ2n) is 5.00. The molecule has 0 spiro atoms. The van der Waals surface area contributed by atoms with Gasteiger partial charge in [-0.2, -0.15) is 0 Å². The molecule has 0 aromatic heterocycles. The van der Waals surface area contributed by atoms with Crippen molar-refractivity contribution in [2.45, 2.75) is 39.2 Å². The first-order valence-electron chi connectivity index (χ1n) is 7.26. The first kappa shape index (κ1) is 13.9. The summed E-state index contributed by atoms with van der Waals surface area (Å²) < 4.78 is 5.82. The molecule has 1 aliphatic rings. The highest BCUT2D eigenvalue weighted by atomic mass is 16.5. The second-order valence-corrected chi connectivity index (χ2v) is 5.00. The van der Waals surface area contributed by atoms with Crippen molar-refractivity contribution in [3.63, 3.8) is 0 Å². The van der Waals surface area contributed by atoms with Crippen LogP contribution in [-0.4, -0.2) is 31.1 Å². The molecule has 0 saturated heterocycles. The van der Waals surface area contributed by atoms with Crippen LogP contribution in [0.15, 0.2) is 29.3 Å². The van der Waals surface area contributed by atoms with Crippen LogP contribution in [0.25, 0.3) is 0 Å². The summed E-state index contributed by atoms with van der Waals surface area (Å²) in [5.74, 6) is 0. The SMILES string of the molecule is CCCCCOC(=NC)N1CCc2ccccc2C1. The third kappa shape index (κ3) is 3.72.